The first-order valence-electron chi connectivity index (χ1n) is 9.16. The molecule has 2 aromatic heterocycles. The number of alkyl halides is 6. The van der Waals surface area contributed by atoms with E-state index in [-0.39, 0.29) is 12.1 Å². The summed E-state index contributed by atoms with van der Waals surface area (Å²) in [6, 6.07) is 2.11. The van der Waals surface area contributed by atoms with E-state index in [9.17, 15) is 36.2 Å². The summed E-state index contributed by atoms with van der Waals surface area (Å²) < 4.78 is 83.9. The molecule has 1 aromatic carbocycles. The molecule has 1 aliphatic rings. The van der Waals surface area contributed by atoms with Crippen LogP contribution in [-0.2, 0) is 18.8 Å². The van der Waals surface area contributed by atoms with Gasteiger partial charge in [-0.15, -0.1) is 0 Å². The van der Waals surface area contributed by atoms with Crippen LogP contribution in [0.25, 0.3) is 11.0 Å². The van der Waals surface area contributed by atoms with E-state index in [1.807, 2.05) is 0 Å². The Bertz CT molecular complexity index is 1330. The molecule has 7 nitrogen and oxygen atoms in total. The largest absolute Gasteiger partial charge is 0.427 e. The van der Waals surface area contributed by atoms with E-state index < -0.39 is 56.9 Å². The maximum atomic E-state index is 14.2. The van der Waals surface area contributed by atoms with E-state index in [0.29, 0.717) is 29.7 Å². The molecule has 1 aliphatic carbocycles. The number of nitrogens with zero attached hydrogens (tertiary/aromatic N) is 5. The number of aromatic nitrogens is 4. The van der Waals surface area contributed by atoms with Crippen LogP contribution in [0.15, 0.2) is 29.3 Å². The summed E-state index contributed by atoms with van der Waals surface area (Å²) in [6.45, 7) is 0. The zero-order valence-electron chi connectivity index (χ0n) is 16.2. The van der Waals surface area contributed by atoms with Crippen LogP contribution >= 0.6 is 0 Å². The minimum atomic E-state index is -5.47. The molecule has 0 aliphatic heterocycles. The number of aliphatic hydroxyl groups is 1. The molecule has 2 heterocycles. The van der Waals surface area contributed by atoms with Crippen LogP contribution in [0.5, 0.6) is 0 Å². The van der Waals surface area contributed by atoms with Gasteiger partial charge in [0.25, 0.3) is 5.56 Å². The van der Waals surface area contributed by atoms with Crippen molar-refractivity contribution in [3.05, 3.63) is 57.3 Å². The molecule has 0 amide bonds. The average Bonchev–Trinajstić information content (AvgIpc) is 3.47. The number of hydrogen-bond acceptors (Lipinski definition) is 5. The molecule has 1 fully saturated rings. The van der Waals surface area contributed by atoms with Crippen molar-refractivity contribution >= 4 is 11.0 Å². The zero-order chi connectivity index (χ0) is 23.6. The summed E-state index contributed by atoms with van der Waals surface area (Å²) in [5.41, 5.74) is -10.1. The van der Waals surface area contributed by atoms with Crippen molar-refractivity contribution in [2.45, 2.75) is 36.8 Å². The van der Waals surface area contributed by atoms with Crippen LogP contribution in [0.4, 0.5) is 26.3 Å². The van der Waals surface area contributed by atoms with Gasteiger partial charge < -0.3 is 5.11 Å². The predicted molar refractivity (Wildman–Crippen MR) is 96.3 cm³/mol. The standard InChI is InChI=1S/C19H13F6N5O2/c1-29-15(13-14(28-29)16(31)30(8-27-13)11-3-4-11)17(32,19(23,24)25)10-2-5-12(18(20,21)22)9(6-10)7-26/h2,5-6,8,11,32H,3-4H2,1H3. The molecule has 168 valence electrons. The molecule has 0 saturated heterocycles. The number of aryl methyl sites for hydroxylation is 1. The van der Waals surface area contributed by atoms with E-state index in [1.165, 1.54) is 10.6 Å². The molecule has 13 heteroatoms. The monoisotopic (exact) mass is 457 g/mol. The van der Waals surface area contributed by atoms with Crippen molar-refractivity contribution in [2.75, 3.05) is 0 Å². The minimum Gasteiger partial charge on any atom is -0.371 e. The highest BCUT2D eigenvalue weighted by Crippen LogP contribution is 2.47. The molecule has 0 radical (unpaired) electrons. The van der Waals surface area contributed by atoms with Gasteiger partial charge in [-0.05, 0) is 25.0 Å². The van der Waals surface area contributed by atoms with Crippen LogP contribution in [-0.4, -0.2) is 30.6 Å². The van der Waals surface area contributed by atoms with E-state index in [0.717, 1.165) is 13.4 Å². The van der Waals surface area contributed by atoms with Gasteiger partial charge >= 0.3 is 12.4 Å². The van der Waals surface area contributed by atoms with Crippen LogP contribution in [0.3, 0.4) is 0 Å². The molecule has 0 spiro atoms. The molecular weight excluding hydrogens is 444 g/mol. The highest BCUT2D eigenvalue weighted by molar-refractivity contribution is 5.78. The number of benzene rings is 1. The van der Waals surface area contributed by atoms with Gasteiger partial charge in [-0.2, -0.15) is 36.7 Å². The molecule has 1 saturated carbocycles. The topological polar surface area (TPSA) is 96.7 Å². The lowest BCUT2D eigenvalue weighted by Gasteiger charge is -2.31. The summed E-state index contributed by atoms with van der Waals surface area (Å²) in [7, 11) is 1.05. The molecule has 1 unspecified atom stereocenters. The Hall–Kier alpha value is -3.40. The quantitative estimate of drug-likeness (QED) is 0.610. The Morgan fingerprint density at radius 3 is 2.34 bits per heavy atom. The third kappa shape index (κ3) is 3.13. The molecule has 1 N–H and O–H groups in total. The van der Waals surface area contributed by atoms with Gasteiger partial charge in [0, 0.05) is 18.7 Å². The first kappa shape index (κ1) is 21.8. The smallest absolute Gasteiger partial charge is 0.371 e. The third-order valence-electron chi connectivity index (χ3n) is 5.33. The fourth-order valence-corrected chi connectivity index (χ4v) is 3.64. The second-order valence-corrected chi connectivity index (χ2v) is 7.44. The lowest BCUT2D eigenvalue weighted by atomic mass is 9.86. The number of fused-ring (bicyclic) bond motifs is 1. The molecule has 32 heavy (non-hydrogen) atoms. The number of nitriles is 1. The van der Waals surface area contributed by atoms with Gasteiger partial charge in [0.15, 0.2) is 5.52 Å². The number of hydrogen-bond donors (Lipinski definition) is 1. The molecule has 0 bridgehead atoms. The highest BCUT2D eigenvalue weighted by atomic mass is 19.4. The maximum absolute atomic E-state index is 14.2. The van der Waals surface area contributed by atoms with Gasteiger partial charge in [0.2, 0.25) is 5.60 Å². The van der Waals surface area contributed by atoms with E-state index in [1.54, 1.807) is 0 Å². The van der Waals surface area contributed by atoms with Gasteiger partial charge in [-0.3, -0.25) is 14.0 Å². The van der Waals surface area contributed by atoms with Crippen LogP contribution < -0.4 is 5.56 Å². The average molecular weight is 457 g/mol. The fraction of sp³-hybridized carbons (Fsp3) is 0.368. The zero-order valence-corrected chi connectivity index (χ0v) is 16.2. The fourth-order valence-electron chi connectivity index (χ4n) is 3.64. The van der Waals surface area contributed by atoms with E-state index in [4.69, 9.17) is 5.26 Å². The first-order chi connectivity index (χ1) is 14.8. The molecule has 1 atom stereocenters. The summed E-state index contributed by atoms with van der Waals surface area (Å²) in [5.74, 6) is 0. The number of rotatable bonds is 3. The molecule has 3 aromatic rings. The highest BCUT2D eigenvalue weighted by Gasteiger charge is 2.59. The Morgan fingerprint density at radius 1 is 1.16 bits per heavy atom. The van der Waals surface area contributed by atoms with Gasteiger partial charge in [-0.25, -0.2) is 4.98 Å². The van der Waals surface area contributed by atoms with Crippen molar-refractivity contribution in [3.8, 4) is 6.07 Å². The van der Waals surface area contributed by atoms with Crippen molar-refractivity contribution in [2.24, 2.45) is 7.05 Å². The summed E-state index contributed by atoms with van der Waals surface area (Å²) in [6.07, 6.45) is -8.01. The maximum Gasteiger partial charge on any atom is 0.427 e. The van der Waals surface area contributed by atoms with Crippen molar-refractivity contribution < 1.29 is 31.4 Å². The number of halogens is 6. The minimum absolute atomic E-state index is 0.139. The summed E-state index contributed by atoms with van der Waals surface area (Å²) in [5, 5.41) is 23.8. The molecule has 4 rings (SSSR count). The van der Waals surface area contributed by atoms with E-state index >= 15 is 0 Å². The lowest BCUT2D eigenvalue weighted by Crippen LogP contribution is -2.45. The van der Waals surface area contributed by atoms with Crippen molar-refractivity contribution in [3.63, 3.8) is 0 Å². The summed E-state index contributed by atoms with van der Waals surface area (Å²) in [4.78, 5) is 16.6. The van der Waals surface area contributed by atoms with Crippen molar-refractivity contribution in [1.82, 2.24) is 19.3 Å². The molecular formula is C19H13F6N5O2. The Balaban J connectivity index is 2.01. The Morgan fingerprint density at radius 2 is 1.81 bits per heavy atom. The first-order valence-corrected chi connectivity index (χ1v) is 9.16. The Kier molecular flexibility index (Phi) is 4.63. The van der Waals surface area contributed by atoms with E-state index in [2.05, 4.69) is 10.1 Å². The van der Waals surface area contributed by atoms with Crippen LogP contribution in [0, 0.1) is 11.3 Å². The Labute approximate surface area is 175 Å². The van der Waals surface area contributed by atoms with Crippen molar-refractivity contribution in [1.29, 1.82) is 5.26 Å². The lowest BCUT2D eigenvalue weighted by molar-refractivity contribution is -0.250. The second kappa shape index (κ2) is 6.80. The van der Waals surface area contributed by atoms with Crippen LogP contribution in [0.1, 0.15) is 41.3 Å². The second-order valence-electron chi connectivity index (χ2n) is 7.44. The van der Waals surface area contributed by atoms with Crippen LogP contribution in [0.2, 0.25) is 0 Å². The third-order valence-corrected chi connectivity index (χ3v) is 5.33. The summed E-state index contributed by atoms with van der Waals surface area (Å²) >= 11 is 0. The van der Waals surface area contributed by atoms with Gasteiger partial charge in [-0.1, -0.05) is 6.07 Å². The predicted octanol–water partition coefficient (Wildman–Crippen LogP) is 3.15. The van der Waals surface area contributed by atoms with Gasteiger partial charge in [0.05, 0.1) is 23.5 Å². The van der Waals surface area contributed by atoms with Gasteiger partial charge in [0.1, 0.15) is 11.2 Å². The normalized spacial score (nSPS) is 16.7. The SMILES string of the molecule is Cn1nc2c(=O)n(C3CC3)cnc2c1C(O)(c1ccc(C(F)(F)F)c(C#N)c1)C(F)(F)F.